The molecule has 0 unspecified atom stereocenters. The molecule has 10 heteroatoms. The Hall–Kier alpha value is -0.656. The Morgan fingerprint density at radius 3 is 2.25 bits per heavy atom. The van der Waals surface area contributed by atoms with E-state index in [1.165, 1.54) is 0 Å². The lowest BCUT2D eigenvalue weighted by atomic mass is 10.2. The van der Waals surface area contributed by atoms with Gasteiger partial charge < -0.3 is 13.6 Å². The molecule has 1 aliphatic heterocycles. The minimum atomic E-state index is -1.98. The molecule has 0 spiro atoms. The third-order valence-corrected chi connectivity index (χ3v) is 17.1. The molecule has 3 heterocycles. The quantitative estimate of drug-likeness (QED) is 0.315. The minimum absolute atomic E-state index is 0.0339. The van der Waals surface area contributed by atoms with E-state index < -0.39 is 16.6 Å². The Kier molecular flexibility index (Phi) is 7.18. The van der Waals surface area contributed by atoms with E-state index in [0.717, 1.165) is 17.6 Å². The number of hydrogen-bond donors (Lipinski definition) is 0. The molecule has 0 amide bonds. The summed E-state index contributed by atoms with van der Waals surface area (Å²) < 4.78 is 22.7. The Balaban J connectivity index is 1.87. The van der Waals surface area contributed by atoms with Gasteiger partial charge in [-0.05, 0) is 52.2 Å². The summed E-state index contributed by atoms with van der Waals surface area (Å²) in [6.45, 7) is 23.3. The first-order valence-electron chi connectivity index (χ1n) is 11.3. The minimum Gasteiger partial charge on any atom is -0.414 e. The predicted molar refractivity (Wildman–Crippen MR) is 137 cm³/mol. The zero-order valence-electron chi connectivity index (χ0n) is 21.2. The highest BCUT2D eigenvalue weighted by molar-refractivity contribution is 9.10. The second kappa shape index (κ2) is 8.85. The van der Waals surface area contributed by atoms with Crippen LogP contribution in [0.5, 0.6) is 0 Å². The number of rotatable bonds is 6. The van der Waals surface area contributed by atoms with E-state index in [9.17, 15) is 0 Å². The lowest BCUT2D eigenvalue weighted by Crippen LogP contribution is -2.48. The highest BCUT2D eigenvalue weighted by Gasteiger charge is 2.46. The summed E-state index contributed by atoms with van der Waals surface area (Å²) in [7, 11) is -3.89. The van der Waals surface area contributed by atoms with Crippen LogP contribution in [0.2, 0.25) is 36.3 Å². The largest absolute Gasteiger partial charge is 0.414 e. The third-order valence-electron chi connectivity index (χ3n) is 7.47. The summed E-state index contributed by atoms with van der Waals surface area (Å²) in [5.41, 5.74) is 1.49. The van der Waals surface area contributed by atoms with Crippen LogP contribution in [-0.4, -0.2) is 55.0 Å². The van der Waals surface area contributed by atoms with Crippen LogP contribution in [0.1, 0.15) is 54.2 Å². The van der Waals surface area contributed by atoms with Gasteiger partial charge in [0.05, 0.1) is 19.0 Å². The molecule has 2 aromatic rings. The highest BCUT2D eigenvalue weighted by atomic mass is 79.9. The summed E-state index contributed by atoms with van der Waals surface area (Å²) in [4.78, 5) is 13.1. The molecule has 0 aliphatic carbocycles. The average Bonchev–Trinajstić information content (AvgIpc) is 3.22. The van der Waals surface area contributed by atoms with Crippen molar-refractivity contribution < 1.29 is 13.6 Å². The van der Waals surface area contributed by atoms with Crippen molar-refractivity contribution in [2.75, 3.05) is 6.61 Å². The number of aromatic nitrogens is 4. The number of imidazole rings is 1. The van der Waals surface area contributed by atoms with Crippen molar-refractivity contribution >= 4 is 43.7 Å². The molecule has 0 aromatic carbocycles. The summed E-state index contributed by atoms with van der Waals surface area (Å²) in [6, 6.07) is 0. The average molecular weight is 544 g/mol. The molecule has 0 N–H and O–H groups in total. The SMILES string of the molecule is CC(C)(C)[Si](C)(C)OC[C@H]1O[C@@H](n2cnc3c(Br)ncnc32)C[C@@H]1O[Si](C)(C)C(C)(C)C. The maximum atomic E-state index is 6.86. The molecular weight excluding hydrogens is 504 g/mol. The molecule has 1 aliphatic rings. The van der Waals surface area contributed by atoms with Crippen molar-refractivity contribution in [1.82, 2.24) is 19.5 Å². The van der Waals surface area contributed by atoms with Gasteiger partial charge in [-0.2, -0.15) is 0 Å². The summed E-state index contributed by atoms with van der Waals surface area (Å²) >= 11 is 3.47. The topological polar surface area (TPSA) is 71.3 Å². The van der Waals surface area contributed by atoms with E-state index in [1.54, 1.807) is 12.7 Å². The predicted octanol–water partition coefficient (Wildman–Crippen LogP) is 6.29. The fourth-order valence-corrected chi connectivity index (χ4v) is 5.99. The van der Waals surface area contributed by atoms with Gasteiger partial charge in [-0.15, -0.1) is 0 Å². The smallest absolute Gasteiger partial charge is 0.192 e. The molecule has 180 valence electrons. The van der Waals surface area contributed by atoms with Crippen LogP contribution in [0.25, 0.3) is 11.2 Å². The molecule has 2 aromatic heterocycles. The van der Waals surface area contributed by atoms with Crippen molar-refractivity contribution in [2.45, 2.75) is 103 Å². The van der Waals surface area contributed by atoms with Crippen molar-refractivity contribution in [2.24, 2.45) is 0 Å². The zero-order valence-corrected chi connectivity index (χ0v) is 24.8. The van der Waals surface area contributed by atoms with E-state index in [4.69, 9.17) is 13.6 Å². The van der Waals surface area contributed by atoms with Gasteiger partial charge in [-0.3, -0.25) is 4.57 Å². The third kappa shape index (κ3) is 5.20. The zero-order chi connectivity index (χ0) is 24.1. The van der Waals surface area contributed by atoms with E-state index >= 15 is 0 Å². The van der Waals surface area contributed by atoms with Crippen LogP contribution in [0.3, 0.4) is 0 Å². The van der Waals surface area contributed by atoms with Gasteiger partial charge in [-0.1, -0.05) is 41.5 Å². The lowest BCUT2D eigenvalue weighted by Gasteiger charge is -2.40. The summed E-state index contributed by atoms with van der Waals surface area (Å²) in [6.07, 6.45) is 3.70. The Morgan fingerprint density at radius 2 is 1.66 bits per heavy atom. The molecule has 1 saturated heterocycles. The van der Waals surface area contributed by atoms with E-state index in [2.05, 4.69) is 98.6 Å². The fraction of sp³-hybridized carbons (Fsp3) is 0.773. The van der Waals surface area contributed by atoms with Gasteiger partial charge in [0.25, 0.3) is 0 Å². The van der Waals surface area contributed by atoms with Gasteiger partial charge >= 0.3 is 0 Å². The maximum absolute atomic E-state index is 6.86. The molecule has 0 bridgehead atoms. The van der Waals surface area contributed by atoms with E-state index in [0.29, 0.717) is 11.2 Å². The molecule has 7 nitrogen and oxygen atoms in total. The first-order valence-corrected chi connectivity index (χ1v) is 17.9. The Bertz CT molecular complexity index is 953. The van der Waals surface area contributed by atoms with Crippen molar-refractivity contribution in [1.29, 1.82) is 0 Å². The number of fused-ring (bicyclic) bond motifs is 1. The van der Waals surface area contributed by atoms with Crippen LogP contribution >= 0.6 is 15.9 Å². The monoisotopic (exact) mass is 542 g/mol. The molecule has 1 fully saturated rings. The summed E-state index contributed by atoms with van der Waals surface area (Å²) in [5, 5.41) is 0.264. The Morgan fingerprint density at radius 1 is 1.03 bits per heavy atom. The van der Waals surface area contributed by atoms with E-state index in [-0.39, 0.29) is 28.5 Å². The van der Waals surface area contributed by atoms with Crippen molar-refractivity contribution in [3.05, 3.63) is 17.3 Å². The molecule has 3 atom stereocenters. The maximum Gasteiger partial charge on any atom is 0.192 e. The normalized spacial score (nSPS) is 23.3. The lowest BCUT2D eigenvalue weighted by molar-refractivity contribution is -0.0383. The number of hydrogen-bond acceptors (Lipinski definition) is 6. The molecule has 0 radical (unpaired) electrons. The molecular formula is C22H39BrN4O3Si2. The second-order valence-corrected chi connectivity index (χ2v) is 22.2. The Labute approximate surface area is 203 Å². The van der Waals surface area contributed by atoms with Gasteiger partial charge in [0.2, 0.25) is 0 Å². The molecule has 0 saturated carbocycles. The fourth-order valence-electron chi connectivity index (χ4n) is 3.24. The van der Waals surface area contributed by atoms with Crippen LogP contribution in [0, 0.1) is 0 Å². The van der Waals surface area contributed by atoms with Crippen LogP contribution in [-0.2, 0) is 13.6 Å². The van der Waals surface area contributed by atoms with Gasteiger partial charge in [0, 0.05) is 6.42 Å². The second-order valence-electron chi connectivity index (χ2n) is 11.8. The molecule has 3 rings (SSSR count). The number of ether oxygens (including phenoxy) is 1. The number of halogens is 1. The standard InChI is InChI=1S/C22H39BrN4O3Si2/c1-21(2,3)31(7,8)28-12-16-15(30-32(9,10)22(4,5)6)11-17(29-16)27-14-26-18-19(23)24-13-25-20(18)27/h13-17H,11-12H2,1-10H3/t15-,16+,17+/m0/s1. The first kappa shape index (κ1) is 26.0. The van der Waals surface area contributed by atoms with E-state index in [1.807, 2.05) is 4.57 Å². The number of nitrogens with zero attached hydrogens (tertiary/aromatic N) is 4. The van der Waals surface area contributed by atoms with Crippen LogP contribution in [0.15, 0.2) is 17.3 Å². The summed E-state index contributed by atoms with van der Waals surface area (Å²) in [5.74, 6) is 0. The van der Waals surface area contributed by atoms with Gasteiger partial charge in [-0.25, -0.2) is 15.0 Å². The van der Waals surface area contributed by atoms with Crippen molar-refractivity contribution in [3.8, 4) is 0 Å². The highest BCUT2D eigenvalue weighted by Crippen LogP contribution is 2.43. The van der Waals surface area contributed by atoms with Crippen molar-refractivity contribution in [3.63, 3.8) is 0 Å². The molecule has 32 heavy (non-hydrogen) atoms. The van der Waals surface area contributed by atoms with Crippen LogP contribution < -0.4 is 0 Å². The van der Waals surface area contributed by atoms with Gasteiger partial charge in [0.1, 0.15) is 28.8 Å². The van der Waals surface area contributed by atoms with Gasteiger partial charge in [0.15, 0.2) is 22.3 Å². The van der Waals surface area contributed by atoms with Crippen LogP contribution in [0.4, 0.5) is 0 Å². The first-order chi connectivity index (χ1) is 14.5.